The zero-order chi connectivity index (χ0) is 13.3. The van der Waals surface area contributed by atoms with Crippen LogP contribution in [0.1, 0.15) is 11.5 Å². The Labute approximate surface area is 101 Å². The minimum Gasteiger partial charge on any atom is -0.460 e. The molecule has 7 heteroatoms. The molecule has 0 aliphatic rings. The summed E-state index contributed by atoms with van der Waals surface area (Å²) in [6.07, 6.45) is -4.52. The maximum absolute atomic E-state index is 12.6. The molecule has 0 amide bonds. The van der Waals surface area contributed by atoms with Crippen molar-refractivity contribution in [2.45, 2.75) is 19.6 Å². The summed E-state index contributed by atoms with van der Waals surface area (Å²) in [6, 6.07) is 4.13. The van der Waals surface area contributed by atoms with Gasteiger partial charge in [0.15, 0.2) is 11.5 Å². The Bertz CT molecular complexity index is 543. The van der Waals surface area contributed by atoms with Gasteiger partial charge >= 0.3 is 6.18 Å². The number of aromatic nitrogens is 2. The second-order valence-corrected chi connectivity index (χ2v) is 3.77. The van der Waals surface area contributed by atoms with Gasteiger partial charge in [0.25, 0.3) is 0 Å². The predicted octanol–water partition coefficient (Wildman–Crippen LogP) is 2.46. The Kier molecular flexibility index (Phi) is 3.16. The second kappa shape index (κ2) is 4.49. The van der Waals surface area contributed by atoms with Gasteiger partial charge in [0.05, 0.1) is 13.2 Å². The van der Waals surface area contributed by atoms with Crippen molar-refractivity contribution in [3.8, 4) is 11.5 Å². The van der Waals surface area contributed by atoms with E-state index in [0.29, 0.717) is 11.5 Å². The Balaban J connectivity index is 2.48. The predicted molar refractivity (Wildman–Crippen MR) is 56.8 cm³/mol. The summed E-state index contributed by atoms with van der Waals surface area (Å²) < 4.78 is 44.1. The first kappa shape index (κ1) is 12.7. The highest BCUT2D eigenvalue weighted by Crippen LogP contribution is 2.32. The maximum Gasteiger partial charge on any atom is 0.435 e. The van der Waals surface area contributed by atoms with Gasteiger partial charge in [-0.15, -0.1) is 0 Å². The van der Waals surface area contributed by atoms with E-state index >= 15 is 0 Å². The first-order valence-corrected chi connectivity index (χ1v) is 5.24. The van der Waals surface area contributed by atoms with Gasteiger partial charge in [-0.25, -0.2) is 0 Å². The number of hydrogen-bond acceptors (Lipinski definition) is 3. The minimum atomic E-state index is -4.52. The van der Waals surface area contributed by atoms with Crippen LogP contribution in [0.4, 0.5) is 13.2 Å². The topological polar surface area (TPSA) is 51.2 Å². The maximum atomic E-state index is 12.6. The number of rotatable bonds is 3. The Morgan fingerprint density at radius 1 is 1.39 bits per heavy atom. The largest absolute Gasteiger partial charge is 0.460 e. The van der Waals surface area contributed by atoms with Crippen LogP contribution >= 0.6 is 0 Å². The van der Waals surface area contributed by atoms with Gasteiger partial charge in [-0.1, -0.05) is 0 Å². The number of aliphatic hydroxyl groups excluding tert-OH is 1. The Morgan fingerprint density at radius 2 is 2.11 bits per heavy atom. The van der Waals surface area contributed by atoms with Crippen molar-refractivity contribution in [1.29, 1.82) is 0 Å². The standard InChI is InChI=1S/C11H11F3N2O2/c1-7-2-3-9(18-7)8-6-10(11(12,13)14)15-16(8)4-5-17/h2-3,6,17H,4-5H2,1H3. The van der Waals surface area contributed by atoms with Crippen molar-refractivity contribution >= 4 is 0 Å². The molecule has 0 bridgehead atoms. The monoisotopic (exact) mass is 260 g/mol. The summed E-state index contributed by atoms with van der Waals surface area (Å²) in [5.74, 6) is 0.888. The first-order valence-electron chi connectivity index (χ1n) is 5.24. The van der Waals surface area contributed by atoms with Crippen molar-refractivity contribution in [3.05, 3.63) is 29.7 Å². The van der Waals surface area contributed by atoms with Gasteiger partial charge in [-0.05, 0) is 25.1 Å². The van der Waals surface area contributed by atoms with Crippen molar-refractivity contribution < 1.29 is 22.7 Å². The van der Waals surface area contributed by atoms with Gasteiger partial charge in [0.1, 0.15) is 11.5 Å². The van der Waals surface area contributed by atoms with Crippen LogP contribution in [0, 0.1) is 6.92 Å². The van der Waals surface area contributed by atoms with Gasteiger partial charge in [0, 0.05) is 0 Å². The highest BCUT2D eigenvalue weighted by atomic mass is 19.4. The van der Waals surface area contributed by atoms with E-state index in [4.69, 9.17) is 9.52 Å². The van der Waals surface area contributed by atoms with Gasteiger partial charge in [-0.3, -0.25) is 4.68 Å². The third-order valence-electron chi connectivity index (χ3n) is 2.38. The number of halogens is 3. The zero-order valence-corrected chi connectivity index (χ0v) is 9.53. The van der Waals surface area contributed by atoms with E-state index in [2.05, 4.69) is 5.10 Å². The van der Waals surface area contributed by atoms with Gasteiger partial charge in [-0.2, -0.15) is 18.3 Å². The highest BCUT2D eigenvalue weighted by Gasteiger charge is 2.35. The number of furan rings is 1. The molecule has 4 nitrogen and oxygen atoms in total. The summed E-state index contributed by atoms with van der Waals surface area (Å²) in [5, 5.41) is 12.3. The molecule has 0 saturated carbocycles. The Morgan fingerprint density at radius 3 is 2.61 bits per heavy atom. The molecule has 2 heterocycles. The summed E-state index contributed by atoms with van der Waals surface area (Å²) in [6.45, 7) is 1.37. The molecule has 0 spiro atoms. The lowest BCUT2D eigenvalue weighted by Gasteiger charge is -2.02. The van der Waals surface area contributed by atoms with E-state index in [0.717, 1.165) is 10.7 Å². The van der Waals surface area contributed by atoms with Crippen molar-refractivity contribution in [2.75, 3.05) is 6.61 Å². The molecule has 0 aliphatic heterocycles. The molecule has 1 N–H and O–H groups in total. The van der Waals surface area contributed by atoms with Crippen LogP contribution < -0.4 is 0 Å². The molecule has 2 aromatic rings. The zero-order valence-electron chi connectivity index (χ0n) is 9.53. The van der Waals surface area contributed by atoms with E-state index in [-0.39, 0.29) is 18.8 Å². The van der Waals surface area contributed by atoms with Crippen molar-refractivity contribution in [1.82, 2.24) is 9.78 Å². The number of nitrogens with zero attached hydrogens (tertiary/aromatic N) is 2. The summed E-state index contributed by atoms with van der Waals surface area (Å²) in [4.78, 5) is 0. The van der Waals surface area contributed by atoms with Crippen molar-refractivity contribution in [2.24, 2.45) is 0 Å². The molecule has 2 rings (SSSR count). The lowest BCUT2D eigenvalue weighted by Crippen LogP contribution is -2.09. The quantitative estimate of drug-likeness (QED) is 0.922. The van der Waals surface area contributed by atoms with Crippen LogP contribution in [0.5, 0.6) is 0 Å². The third-order valence-corrected chi connectivity index (χ3v) is 2.38. The molecule has 0 aliphatic carbocycles. The van der Waals surface area contributed by atoms with E-state index in [1.807, 2.05) is 0 Å². The van der Waals surface area contributed by atoms with E-state index in [9.17, 15) is 13.2 Å². The molecule has 98 valence electrons. The lowest BCUT2D eigenvalue weighted by atomic mass is 10.3. The lowest BCUT2D eigenvalue weighted by molar-refractivity contribution is -0.141. The van der Waals surface area contributed by atoms with Gasteiger partial charge in [0.2, 0.25) is 0 Å². The second-order valence-electron chi connectivity index (χ2n) is 3.77. The molecule has 18 heavy (non-hydrogen) atoms. The molecular weight excluding hydrogens is 249 g/mol. The third kappa shape index (κ3) is 2.40. The van der Waals surface area contributed by atoms with Crippen LogP contribution in [0.3, 0.4) is 0 Å². The van der Waals surface area contributed by atoms with Crippen LogP contribution in [-0.4, -0.2) is 21.5 Å². The first-order chi connectivity index (χ1) is 8.41. The highest BCUT2D eigenvalue weighted by molar-refractivity contribution is 5.53. The van der Waals surface area contributed by atoms with Gasteiger partial charge < -0.3 is 9.52 Å². The fourth-order valence-electron chi connectivity index (χ4n) is 1.59. The number of aliphatic hydroxyl groups is 1. The average Bonchev–Trinajstić information content (AvgIpc) is 2.84. The SMILES string of the molecule is Cc1ccc(-c2cc(C(F)(F)F)nn2CCO)o1. The molecule has 0 saturated heterocycles. The molecule has 0 atom stereocenters. The number of hydrogen-bond donors (Lipinski definition) is 1. The van der Waals surface area contributed by atoms with Crippen LogP contribution in [-0.2, 0) is 12.7 Å². The summed E-state index contributed by atoms with van der Waals surface area (Å²) in [5.41, 5.74) is -0.801. The van der Waals surface area contributed by atoms with Crippen LogP contribution in [0.15, 0.2) is 22.6 Å². The van der Waals surface area contributed by atoms with Crippen LogP contribution in [0.25, 0.3) is 11.5 Å². The molecular formula is C11H11F3N2O2. The summed E-state index contributed by atoms with van der Waals surface area (Å²) >= 11 is 0. The van der Waals surface area contributed by atoms with Crippen molar-refractivity contribution in [3.63, 3.8) is 0 Å². The summed E-state index contributed by atoms with van der Waals surface area (Å²) in [7, 11) is 0. The Hall–Kier alpha value is -1.76. The van der Waals surface area contributed by atoms with Crippen LogP contribution in [0.2, 0.25) is 0 Å². The smallest absolute Gasteiger partial charge is 0.435 e. The minimum absolute atomic E-state index is 0.0227. The number of alkyl halides is 3. The molecule has 0 fully saturated rings. The molecule has 0 aromatic carbocycles. The number of aryl methyl sites for hydroxylation is 1. The molecule has 0 radical (unpaired) electrons. The fraction of sp³-hybridized carbons (Fsp3) is 0.364. The normalized spacial score (nSPS) is 12.1. The fourth-order valence-corrected chi connectivity index (χ4v) is 1.59. The van der Waals surface area contributed by atoms with E-state index < -0.39 is 11.9 Å². The van der Waals surface area contributed by atoms with E-state index in [1.54, 1.807) is 19.1 Å². The average molecular weight is 260 g/mol. The van der Waals surface area contributed by atoms with E-state index in [1.165, 1.54) is 0 Å². The molecule has 0 unspecified atom stereocenters. The molecule has 2 aromatic heterocycles.